The Bertz CT molecular complexity index is 7920. The maximum absolute atomic E-state index is 6.12. The van der Waals surface area contributed by atoms with Crippen molar-refractivity contribution in [3.63, 3.8) is 0 Å². The summed E-state index contributed by atoms with van der Waals surface area (Å²) in [4.78, 5) is 13.6. The molecule has 0 fully saturated rings. The lowest BCUT2D eigenvalue weighted by atomic mass is 9.93. The molecule has 0 radical (unpaired) electrons. The van der Waals surface area contributed by atoms with E-state index in [1.165, 1.54) is 93.2 Å². The summed E-state index contributed by atoms with van der Waals surface area (Å²) in [6.45, 7) is 0. The third-order valence-corrected chi connectivity index (χ3v) is 22.6. The molecule has 0 atom stereocenters. The van der Waals surface area contributed by atoms with Gasteiger partial charge in [-0.1, -0.05) is 279 Å². The van der Waals surface area contributed by atoms with Crippen LogP contribution >= 0.6 is 11.6 Å². The first-order valence-corrected chi connectivity index (χ1v) is 38.3. The molecule has 6 heterocycles. The number of aromatic nitrogens is 10. The van der Waals surface area contributed by atoms with Gasteiger partial charge in [-0.05, 0) is 175 Å². The van der Waals surface area contributed by atoms with Crippen LogP contribution in [0.5, 0.6) is 0 Å². The van der Waals surface area contributed by atoms with Crippen LogP contribution in [0.2, 0.25) is 5.28 Å². The lowest BCUT2D eigenvalue weighted by molar-refractivity contribution is 0.926. The van der Waals surface area contributed by atoms with Crippen molar-refractivity contribution < 1.29 is 0 Å². The predicted molar refractivity (Wildman–Crippen MR) is 470 cm³/mol. The van der Waals surface area contributed by atoms with Gasteiger partial charge in [0.1, 0.15) is 22.1 Å². The first kappa shape index (κ1) is 65.1. The molecule has 0 saturated carbocycles. The number of hydrogen-bond donors (Lipinski definition) is 1. The standard InChI is InChI=1S/C51H31N5.C27H16ClN3.C24H16N2/c1-4-14-32(15-5-1)34-24-26-37-41(30-34)42-31-35(33-16-6-2-7-17-33)25-27-38(42)50-49(37)52-51(54-53-50)56-44-23-13-11-21-40(44)48-46(56)29-28-45-47(48)39-20-10-12-22-43(39)55(45)36-18-8-3-9-19-36;28-27-29-25-21-13-11-19(17-7-3-1-4-8-17)15-23(21)24-16-20(18-9-5-2-6-10-18)12-14-22(24)26(25)30-31-27;1-2-8-16(9-3-1)26-21-13-7-5-11-18(21)24-22(26)15-14-20-23(24)17-10-4-6-12-19(17)25-20/h1-31H;1-16H;1-15,25H. The molecule has 24 aromatic rings. The molecule has 0 bridgehead atoms. The van der Waals surface area contributed by atoms with Crippen LogP contribution in [0.4, 0.5) is 0 Å². The van der Waals surface area contributed by atoms with Crippen molar-refractivity contribution in [1.29, 1.82) is 0 Å². The minimum atomic E-state index is 0.154. The zero-order chi connectivity index (χ0) is 74.6. The average Bonchev–Trinajstić information content (AvgIpc) is 1.59. The highest BCUT2D eigenvalue weighted by molar-refractivity contribution is 6.32. The lowest BCUT2D eigenvalue weighted by Gasteiger charge is -2.13. The number of benzene rings is 18. The molecule has 0 amide bonds. The van der Waals surface area contributed by atoms with Crippen LogP contribution in [0, 0.1) is 0 Å². The molecule has 528 valence electrons. The molecular weight excluding hydrogens is 1400 g/mol. The van der Waals surface area contributed by atoms with Crippen LogP contribution in [-0.4, -0.2) is 49.0 Å². The van der Waals surface area contributed by atoms with E-state index in [4.69, 9.17) is 26.8 Å². The molecular formula is C102H63ClN10. The Hall–Kier alpha value is -15.0. The molecule has 10 nitrogen and oxygen atoms in total. The predicted octanol–water partition coefficient (Wildman–Crippen LogP) is 26.6. The van der Waals surface area contributed by atoms with Gasteiger partial charge in [0.2, 0.25) is 5.28 Å². The van der Waals surface area contributed by atoms with Gasteiger partial charge in [-0.3, -0.25) is 4.57 Å². The van der Waals surface area contributed by atoms with Gasteiger partial charge in [0.15, 0.2) is 0 Å². The van der Waals surface area contributed by atoms with E-state index < -0.39 is 0 Å². The Morgan fingerprint density at radius 1 is 0.204 bits per heavy atom. The molecule has 24 rings (SSSR count). The molecule has 0 unspecified atom stereocenters. The number of rotatable bonds is 7. The SMILES string of the molecule is Clc1nnc2c3ccc(-c4ccccc4)cc3c3cc(-c4ccccc4)ccc3c2n1.c1ccc(-c2ccc3c(c2)c2cc(-c4ccccc4)ccc2c2nc(-n4c5ccccc5c5c6c7ccccc7n(-c7ccccc7)c6ccc54)nnc32)cc1.c1ccc(-n2c3ccccc3c3c4c(ccc32)[nH]c2ccccc24)cc1. The van der Waals surface area contributed by atoms with Crippen LogP contribution in [0.3, 0.4) is 0 Å². The Morgan fingerprint density at radius 3 is 0.965 bits per heavy atom. The van der Waals surface area contributed by atoms with E-state index >= 15 is 0 Å². The highest BCUT2D eigenvalue weighted by Crippen LogP contribution is 2.46. The fourth-order valence-corrected chi connectivity index (χ4v) is 17.6. The molecule has 113 heavy (non-hydrogen) atoms. The third-order valence-electron chi connectivity index (χ3n) is 22.4. The third kappa shape index (κ3) is 10.8. The van der Waals surface area contributed by atoms with E-state index in [-0.39, 0.29) is 5.28 Å². The van der Waals surface area contributed by atoms with Gasteiger partial charge in [-0.15, -0.1) is 20.4 Å². The zero-order valence-electron chi connectivity index (χ0n) is 60.7. The highest BCUT2D eigenvalue weighted by atomic mass is 35.5. The van der Waals surface area contributed by atoms with Gasteiger partial charge in [-0.2, -0.15) is 0 Å². The van der Waals surface area contributed by atoms with E-state index in [9.17, 15) is 0 Å². The second-order valence-corrected chi connectivity index (χ2v) is 29.1. The molecule has 18 aromatic carbocycles. The lowest BCUT2D eigenvalue weighted by Crippen LogP contribution is -2.04. The zero-order valence-corrected chi connectivity index (χ0v) is 61.5. The van der Waals surface area contributed by atoms with E-state index in [1.807, 2.05) is 12.1 Å². The van der Waals surface area contributed by atoms with Crippen molar-refractivity contribution in [3.8, 4) is 61.8 Å². The van der Waals surface area contributed by atoms with Crippen LogP contribution < -0.4 is 0 Å². The number of nitrogens with one attached hydrogen (secondary N) is 1. The van der Waals surface area contributed by atoms with Crippen molar-refractivity contribution in [1.82, 2.24) is 49.0 Å². The van der Waals surface area contributed by atoms with Crippen LogP contribution in [0.25, 0.3) is 214 Å². The molecule has 0 aliphatic carbocycles. The van der Waals surface area contributed by atoms with Crippen LogP contribution in [0.15, 0.2) is 376 Å². The second kappa shape index (κ2) is 26.7. The molecule has 1 N–H and O–H groups in total. The monoisotopic (exact) mass is 1460 g/mol. The highest BCUT2D eigenvalue weighted by Gasteiger charge is 2.25. The summed E-state index contributed by atoms with van der Waals surface area (Å²) in [5, 5.41) is 37.1. The van der Waals surface area contributed by atoms with E-state index in [0.29, 0.717) is 5.95 Å². The van der Waals surface area contributed by atoms with E-state index in [1.54, 1.807) is 0 Å². The summed E-state index contributed by atoms with van der Waals surface area (Å²) in [5.41, 5.74) is 24.1. The number of halogens is 1. The van der Waals surface area contributed by atoms with E-state index in [0.717, 1.165) is 115 Å². The van der Waals surface area contributed by atoms with Gasteiger partial charge < -0.3 is 14.1 Å². The van der Waals surface area contributed by atoms with Gasteiger partial charge in [0, 0.05) is 87.0 Å². The van der Waals surface area contributed by atoms with Crippen molar-refractivity contribution in [2.75, 3.05) is 0 Å². The van der Waals surface area contributed by atoms with Gasteiger partial charge >= 0.3 is 0 Å². The number of nitrogens with zero attached hydrogens (tertiary/aromatic N) is 9. The molecule has 11 heteroatoms. The fourth-order valence-electron chi connectivity index (χ4n) is 17.4. The summed E-state index contributed by atoms with van der Waals surface area (Å²) in [7, 11) is 0. The van der Waals surface area contributed by atoms with Gasteiger partial charge in [-0.25, -0.2) is 9.97 Å². The Morgan fingerprint density at radius 2 is 0.531 bits per heavy atom. The largest absolute Gasteiger partial charge is 0.354 e. The molecule has 0 aliphatic heterocycles. The van der Waals surface area contributed by atoms with Gasteiger partial charge in [0.25, 0.3) is 5.95 Å². The summed E-state index contributed by atoms with van der Waals surface area (Å²) in [6.07, 6.45) is 0. The fraction of sp³-hybridized carbons (Fsp3) is 0. The minimum Gasteiger partial charge on any atom is -0.354 e. The van der Waals surface area contributed by atoms with Crippen molar-refractivity contribution in [3.05, 3.63) is 381 Å². The normalized spacial score (nSPS) is 11.8. The Labute approximate surface area is 652 Å². The van der Waals surface area contributed by atoms with Crippen LogP contribution in [0.1, 0.15) is 0 Å². The van der Waals surface area contributed by atoms with Crippen molar-refractivity contribution >= 4 is 164 Å². The topological polar surface area (TPSA) is 108 Å². The number of H-pyrrole nitrogens is 1. The Balaban J connectivity index is 0.000000115. The summed E-state index contributed by atoms with van der Waals surface area (Å²) < 4.78 is 6.93. The summed E-state index contributed by atoms with van der Waals surface area (Å²) in [6, 6.07) is 133. The first-order valence-electron chi connectivity index (χ1n) is 37.9. The van der Waals surface area contributed by atoms with Crippen molar-refractivity contribution in [2.45, 2.75) is 0 Å². The second-order valence-electron chi connectivity index (χ2n) is 28.7. The number of fused-ring (bicyclic) bond motifs is 26. The van der Waals surface area contributed by atoms with Crippen LogP contribution in [-0.2, 0) is 0 Å². The molecule has 0 aliphatic rings. The van der Waals surface area contributed by atoms with E-state index in [2.05, 4.69) is 398 Å². The molecule has 0 spiro atoms. The Kier molecular flexibility index (Phi) is 15.4. The molecule has 6 aromatic heterocycles. The first-order chi connectivity index (χ1) is 56.0. The number of para-hydroxylation sites is 6. The maximum atomic E-state index is 6.12. The maximum Gasteiger partial charge on any atom is 0.255 e. The quantitative estimate of drug-likeness (QED) is 0.159. The van der Waals surface area contributed by atoms with Gasteiger partial charge in [0.05, 0.1) is 33.1 Å². The number of aromatic amines is 1. The van der Waals surface area contributed by atoms with Crippen molar-refractivity contribution in [2.24, 2.45) is 0 Å². The average molecular weight is 1460 g/mol. The smallest absolute Gasteiger partial charge is 0.255 e. The molecule has 0 saturated heterocycles. The summed E-state index contributed by atoms with van der Waals surface area (Å²) in [5.74, 6) is 0.545. The summed E-state index contributed by atoms with van der Waals surface area (Å²) >= 11 is 6.12. The minimum absolute atomic E-state index is 0.154. The number of hydrogen-bond acceptors (Lipinski definition) is 6.